The van der Waals surface area contributed by atoms with Crippen LogP contribution in [0.1, 0.15) is 18.9 Å². The van der Waals surface area contributed by atoms with Crippen LogP contribution in [0.3, 0.4) is 0 Å². The standard InChI is InChI=1S/C12H13Cl2NO2/c1-8(16)6-12(17)15-5-4-9-2-3-10(13)11(14)7-9/h2-3,7H,4-6H2,1H3,(H,15,17). The maximum atomic E-state index is 11.2. The van der Waals surface area contributed by atoms with Crippen LogP contribution < -0.4 is 5.32 Å². The highest BCUT2D eigenvalue weighted by Crippen LogP contribution is 2.22. The van der Waals surface area contributed by atoms with Crippen molar-refractivity contribution in [2.75, 3.05) is 6.54 Å². The molecule has 0 radical (unpaired) electrons. The average Bonchev–Trinajstić information content (AvgIpc) is 2.22. The second-order valence-electron chi connectivity index (χ2n) is 3.73. The fourth-order valence-corrected chi connectivity index (χ4v) is 1.65. The van der Waals surface area contributed by atoms with Crippen molar-refractivity contribution in [3.8, 4) is 0 Å². The summed E-state index contributed by atoms with van der Waals surface area (Å²) in [7, 11) is 0. The minimum Gasteiger partial charge on any atom is -0.355 e. The van der Waals surface area contributed by atoms with Crippen LogP contribution in [0.25, 0.3) is 0 Å². The first-order valence-corrected chi connectivity index (χ1v) is 5.94. The SMILES string of the molecule is CC(=O)CC(=O)NCCc1ccc(Cl)c(Cl)c1. The van der Waals surface area contributed by atoms with Gasteiger partial charge in [-0.1, -0.05) is 29.3 Å². The maximum absolute atomic E-state index is 11.2. The van der Waals surface area contributed by atoms with E-state index in [-0.39, 0.29) is 18.1 Å². The molecule has 0 saturated carbocycles. The maximum Gasteiger partial charge on any atom is 0.227 e. The molecule has 0 aliphatic rings. The van der Waals surface area contributed by atoms with E-state index in [0.717, 1.165) is 5.56 Å². The van der Waals surface area contributed by atoms with Crippen molar-refractivity contribution >= 4 is 34.9 Å². The number of nitrogens with one attached hydrogen (secondary N) is 1. The van der Waals surface area contributed by atoms with Gasteiger partial charge in [0.05, 0.1) is 16.5 Å². The number of halogens is 2. The lowest BCUT2D eigenvalue weighted by Crippen LogP contribution is -2.27. The summed E-state index contributed by atoms with van der Waals surface area (Å²) >= 11 is 11.6. The molecule has 0 aliphatic heterocycles. The lowest BCUT2D eigenvalue weighted by Gasteiger charge is -2.05. The lowest BCUT2D eigenvalue weighted by molar-refractivity contribution is -0.127. The number of carbonyl (C=O) groups excluding carboxylic acids is 2. The third-order valence-corrected chi connectivity index (χ3v) is 2.87. The van der Waals surface area contributed by atoms with Gasteiger partial charge in [-0.05, 0) is 31.0 Å². The van der Waals surface area contributed by atoms with Gasteiger partial charge in [0.15, 0.2) is 0 Å². The molecule has 0 bridgehead atoms. The van der Waals surface area contributed by atoms with E-state index in [4.69, 9.17) is 23.2 Å². The summed E-state index contributed by atoms with van der Waals surface area (Å²) in [5, 5.41) is 3.67. The molecule has 0 heterocycles. The van der Waals surface area contributed by atoms with Crippen molar-refractivity contribution in [1.82, 2.24) is 5.32 Å². The highest BCUT2D eigenvalue weighted by atomic mass is 35.5. The minimum atomic E-state index is -0.252. The van der Waals surface area contributed by atoms with E-state index in [1.54, 1.807) is 12.1 Å². The molecule has 1 N–H and O–H groups in total. The largest absolute Gasteiger partial charge is 0.355 e. The zero-order valence-corrected chi connectivity index (χ0v) is 10.9. The molecule has 1 aromatic carbocycles. The number of amides is 1. The van der Waals surface area contributed by atoms with E-state index < -0.39 is 0 Å². The molecule has 0 aromatic heterocycles. The Morgan fingerprint density at radius 3 is 2.53 bits per heavy atom. The summed E-state index contributed by atoms with van der Waals surface area (Å²) in [4.78, 5) is 21.9. The van der Waals surface area contributed by atoms with Crippen molar-refractivity contribution < 1.29 is 9.59 Å². The Kier molecular flexibility index (Phi) is 5.45. The molecule has 0 spiro atoms. The highest BCUT2D eigenvalue weighted by molar-refractivity contribution is 6.42. The molecule has 1 aromatic rings. The molecule has 3 nitrogen and oxygen atoms in total. The van der Waals surface area contributed by atoms with Gasteiger partial charge in [-0.3, -0.25) is 9.59 Å². The second kappa shape index (κ2) is 6.62. The van der Waals surface area contributed by atoms with Crippen LogP contribution in [0, 0.1) is 0 Å². The molecule has 17 heavy (non-hydrogen) atoms. The number of Topliss-reactive ketones (excluding diaryl/α,β-unsaturated/α-hetero) is 1. The summed E-state index contributed by atoms with van der Waals surface area (Å²) in [6.45, 7) is 1.86. The summed E-state index contributed by atoms with van der Waals surface area (Å²) in [5.41, 5.74) is 0.988. The predicted octanol–water partition coefficient (Wildman–Crippen LogP) is 2.63. The number of carbonyl (C=O) groups is 2. The van der Waals surface area contributed by atoms with Gasteiger partial charge in [0.1, 0.15) is 5.78 Å². The molecule has 0 atom stereocenters. The number of hydrogen-bond acceptors (Lipinski definition) is 2. The van der Waals surface area contributed by atoms with E-state index in [2.05, 4.69) is 5.32 Å². The Balaban J connectivity index is 2.38. The summed E-state index contributed by atoms with van der Waals surface area (Å²) in [6, 6.07) is 5.34. The van der Waals surface area contributed by atoms with Gasteiger partial charge < -0.3 is 5.32 Å². The zero-order valence-electron chi connectivity index (χ0n) is 9.43. The minimum absolute atomic E-state index is 0.0681. The summed E-state index contributed by atoms with van der Waals surface area (Å²) < 4.78 is 0. The highest BCUT2D eigenvalue weighted by Gasteiger charge is 2.04. The van der Waals surface area contributed by atoms with Crippen LogP contribution in [-0.2, 0) is 16.0 Å². The van der Waals surface area contributed by atoms with Gasteiger partial charge in [0, 0.05) is 6.54 Å². The molecule has 5 heteroatoms. The first-order valence-electron chi connectivity index (χ1n) is 5.19. The number of benzene rings is 1. The van der Waals surface area contributed by atoms with Gasteiger partial charge in [-0.15, -0.1) is 0 Å². The molecule has 0 saturated heterocycles. The van der Waals surface area contributed by atoms with Gasteiger partial charge in [0.25, 0.3) is 0 Å². The number of rotatable bonds is 5. The van der Waals surface area contributed by atoms with Gasteiger partial charge in [-0.25, -0.2) is 0 Å². The Labute approximate surface area is 110 Å². The molecule has 1 amide bonds. The topological polar surface area (TPSA) is 46.2 Å². The van der Waals surface area contributed by atoms with Crippen LogP contribution in [-0.4, -0.2) is 18.2 Å². The Morgan fingerprint density at radius 1 is 1.24 bits per heavy atom. The Bertz CT molecular complexity index is 433. The normalized spacial score (nSPS) is 10.1. The third kappa shape index (κ3) is 5.20. The average molecular weight is 274 g/mol. The predicted molar refractivity (Wildman–Crippen MR) is 68.5 cm³/mol. The fraction of sp³-hybridized carbons (Fsp3) is 0.333. The van der Waals surface area contributed by atoms with Crippen molar-refractivity contribution in [3.63, 3.8) is 0 Å². The molecular weight excluding hydrogens is 261 g/mol. The van der Waals surface area contributed by atoms with Gasteiger partial charge in [0.2, 0.25) is 5.91 Å². The quantitative estimate of drug-likeness (QED) is 0.839. The van der Waals surface area contributed by atoms with E-state index >= 15 is 0 Å². The van der Waals surface area contributed by atoms with Crippen molar-refractivity contribution in [2.24, 2.45) is 0 Å². The summed E-state index contributed by atoms with van der Waals surface area (Å²) in [5.74, 6) is -0.394. The fourth-order valence-electron chi connectivity index (χ4n) is 1.33. The second-order valence-corrected chi connectivity index (χ2v) is 4.54. The third-order valence-electron chi connectivity index (χ3n) is 2.13. The Morgan fingerprint density at radius 2 is 1.94 bits per heavy atom. The van der Waals surface area contributed by atoms with E-state index in [1.807, 2.05) is 6.07 Å². The lowest BCUT2D eigenvalue weighted by atomic mass is 10.1. The van der Waals surface area contributed by atoms with Gasteiger partial charge in [-0.2, -0.15) is 0 Å². The van der Waals surface area contributed by atoms with Gasteiger partial charge >= 0.3 is 0 Å². The van der Waals surface area contributed by atoms with Crippen LogP contribution in [0.4, 0.5) is 0 Å². The first-order chi connectivity index (χ1) is 7.99. The molecule has 0 aliphatic carbocycles. The van der Waals surface area contributed by atoms with E-state index in [0.29, 0.717) is 23.0 Å². The zero-order chi connectivity index (χ0) is 12.8. The van der Waals surface area contributed by atoms with Crippen LogP contribution in [0.5, 0.6) is 0 Å². The molecule has 92 valence electrons. The summed E-state index contributed by atoms with van der Waals surface area (Å²) in [6.07, 6.45) is 0.585. The molecule has 0 unspecified atom stereocenters. The van der Waals surface area contributed by atoms with Crippen LogP contribution in [0.2, 0.25) is 10.0 Å². The van der Waals surface area contributed by atoms with Crippen molar-refractivity contribution in [1.29, 1.82) is 0 Å². The number of hydrogen-bond donors (Lipinski definition) is 1. The smallest absolute Gasteiger partial charge is 0.227 e. The van der Waals surface area contributed by atoms with Crippen LogP contribution >= 0.6 is 23.2 Å². The van der Waals surface area contributed by atoms with Crippen LogP contribution in [0.15, 0.2) is 18.2 Å². The monoisotopic (exact) mass is 273 g/mol. The number of ketones is 1. The van der Waals surface area contributed by atoms with Crippen molar-refractivity contribution in [3.05, 3.63) is 33.8 Å². The Hall–Kier alpha value is -1.06. The molecule has 1 rings (SSSR count). The van der Waals surface area contributed by atoms with E-state index in [9.17, 15) is 9.59 Å². The van der Waals surface area contributed by atoms with E-state index in [1.165, 1.54) is 6.92 Å². The van der Waals surface area contributed by atoms with Crippen molar-refractivity contribution in [2.45, 2.75) is 19.8 Å². The first kappa shape index (κ1) is 14.0. The molecular formula is C12H13Cl2NO2. The molecule has 0 fully saturated rings.